The minimum atomic E-state index is 0.235. The van der Waals surface area contributed by atoms with E-state index in [0.29, 0.717) is 6.04 Å². The second-order valence-corrected chi connectivity index (χ2v) is 5.82. The van der Waals surface area contributed by atoms with Crippen LogP contribution in [-0.2, 0) is 13.6 Å². The number of likely N-dealkylation sites (tertiary alicyclic amines) is 1. The number of piperidine rings is 1. The Morgan fingerprint density at radius 2 is 2.24 bits per heavy atom. The number of rotatable bonds is 5. The number of aromatic nitrogens is 3. The fourth-order valence-corrected chi connectivity index (χ4v) is 2.99. The van der Waals surface area contributed by atoms with Gasteiger partial charge in [0.1, 0.15) is 17.9 Å². The number of furan rings is 1. The Morgan fingerprint density at radius 3 is 2.86 bits per heavy atom. The summed E-state index contributed by atoms with van der Waals surface area (Å²) in [6.45, 7) is 5.27. The van der Waals surface area contributed by atoms with Gasteiger partial charge < -0.3 is 14.3 Å². The molecule has 114 valence electrons. The second-order valence-electron chi connectivity index (χ2n) is 5.82. The molecule has 0 aliphatic carbocycles. The zero-order chi connectivity index (χ0) is 14.7. The quantitative estimate of drug-likeness (QED) is 0.908. The summed E-state index contributed by atoms with van der Waals surface area (Å²) >= 11 is 0. The summed E-state index contributed by atoms with van der Waals surface area (Å²) in [5.74, 6) is 2.04. The summed E-state index contributed by atoms with van der Waals surface area (Å²) in [5, 5.41) is 11.8. The van der Waals surface area contributed by atoms with Gasteiger partial charge in [0.25, 0.3) is 0 Å². The molecule has 1 N–H and O–H groups in total. The van der Waals surface area contributed by atoms with E-state index in [1.54, 1.807) is 12.6 Å². The van der Waals surface area contributed by atoms with E-state index in [1.165, 1.54) is 0 Å². The highest BCUT2D eigenvalue weighted by molar-refractivity contribution is 4.99. The molecule has 0 radical (unpaired) electrons. The third-order valence-corrected chi connectivity index (χ3v) is 4.17. The summed E-state index contributed by atoms with van der Waals surface area (Å²) in [6, 6.07) is 4.77. The van der Waals surface area contributed by atoms with Gasteiger partial charge in [-0.2, -0.15) is 0 Å². The van der Waals surface area contributed by atoms with Gasteiger partial charge in [0, 0.05) is 26.2 Å². The van der Waals surface area contributed by atoms with Crippen molar-refractivity contribution in [2.24, 2.45) is 7.05 Å². The van der Waals surface area contributed by atoms with E-state index in [4.69, 9.17) is 4.42 Å². The predicted octanol–water partition coefficient (Wildman–Crippen LogP) is 1.72. The Hall–Kier alpha value is -1.66. The molecule has 1 saturated heterocycles. The van der Waals surface area contributed by atoms with E-state index in [2.05, 4.69) is 27.3 Å². The van der Waals surface area contributed by atoms with Crippen LogP contribution in [-0.4, -0.2) is 38.8 Å². The van der Waals surface area contributed by atoms with Crippen molar-refractivity contribution >= 4 is 0 Å². The number of nitrogens with one attached hydrogen (secondary N) is 1. The van der Waals surface area contributed by atoms with E-state index >= 15 is 0 Å². The first-order valence-corrected chi connectivity index (χ1v) is 7.57. The molecule has 1 aliphatic rings. The minimum absolute atomic E-state index is 0.235. The smallest absolute Gasteiger partial charge is 0.149 e. The maximum absolute atomic E-state index is 5.41. The maximum Gasteiger partial charge on any atom is 0.149 e. The summed E-state index contributed by atoms with van der Waals surface area (Å²) in [4.78, 5) is 2.45. The molecule has 3 heterocycles. The van der Waals surface area contributed by atoms with Crippen LogP contribution in [0.3, 0.4) is 0 Å². The Labute approximate surface area is 125 Å². The Kier molecular flexibility index (Phi) is 4.36. The van der Waals surface area contributed by atoms with Crippen LogP contribution < -0.4 is 5.32 Å². The molecular formula is C15H23N5O. The highest BCUT2D eigenvalue weighted by Gasteiger charge is 2.22. The maximum atomic E-state index is 5.41. The summed E-state index contributed by atoms with van der Waals surface area (Å²) in [5.41, 5.74) is 0. The molecule has 21 heavy (non-hydrogen) atoms. The van der Waals surface area contributed by atoms with Crippen molar-refractivity contribution in [1.29, 1.82) is 0 Å². The van der Waals surface area contributed by atoms with Gasteiger partial charge in [0.05, 0.1) is 18.8 Å². The highest BCUT2D eigenvalue weighted by Crippen LogP contribution is 2.17. The van der Waals surface area contributed by atoms with Gasteiger partial charge in [0.15, 0.2) is 0 Å². The van der Waals surface area contributed by atoms with Crippen LogP contribution in [0.5, 0.6) is 0 Å². The topological polar surface area (TPSA) is 59.1 Å². The van der Waals surface area contributed by atoms with Gasteiger partial charge in [-0.15, -0.1) is 10.2 Å². The number of aryl methyl sites for hydroxylation is 1. The van der Waals surface area contributed by atoms with Crippen molar-refractivity contribution in [3.8, 4) is 0 Å². The van der Waals surface area contributed by atoms with E-state index in [0.717, 1.165) is 44.1 Å². The average molecular weight is 289 g/mol. The van der Waals surface area contributed by atoms with Crippen molar-refractivity contribution in [1.82, 2.24) is 25.0 Å². The van der Waals surface area contributed by atoms with Crippen molar-refractivity contribution < 1.29 is 4.42 Å². The molecule has 6 nitrogen and oxygen atoms in total. The first kappa shape index (κ1) is 14.3. The lowest BCUT2D eigenvalue weighted by Crippen LogP contribution is -2.43. The molecule has 0 saturated carbocycles. The Morgan fingerprint density at radius 1 is 1.43 bits per heavy atom. The van der Waals surface area contributed by atoms with Crippen LogP contribution in [0, 0.1) is 0 Å². The van der Waals surface area contributed by atoms with Crippen molar-refractivity contribution in [2.75, 3.05) is 13.1 Å². The molecule has 0 spiro atoms. The number of hydrogen-bond acceptors (Lipinski definition) is 5. The van der Waals surface area contributed by atoms with Crippen LogP contribution in [0.1, 0.15) is 37.4 Å². The Bertz CT molecular complexity index is 542. The number of nitrogens with zero attached hydrogens (tertiary/aromatic N) is 4. The van der Waals surface area contributed by atoms with E-state index in [9.17, 15) is 0 Å². The lowest BCUT2D eigenvalue weighted by molar-refractivity contribution is 0.173. The van der Waals surface area contributed by atoms with Gasteiger partial charge in [-0.3, -0.25) is 4.90 Å². The SMILES string of the molecule is CC(NC1CCN(Cc2ccco2)CC1)c1nncn1C. The molecule has 3 rings (SSSR count). The average Bonchev–Trinajstić information content (AvgIpc) is 3.12. The van der Waals surface area contributed by atoms with E-state index < -0.39 is 0 Å². The molecule has 1 unspecified atom stereocenters. The molecule has 0 bridgehead atoms. The molecule has 0 amide bonds. The zero-order valence-electron chi connectivity index (χ0n) is 12.7. The molecular weight excluding hydrogens is 266 g/mol. The predicted molar refractivity (Wildman–Crippen MR) is 79.6 cm³/mol. The molecule has 2 aromatic heterocycles. The van der Waals surface area contributed by atoms with Gasteiger partial charge >= 0.3 is 0 Å². The molecule has 0 aromatic carbocycles. The molecule has 6 heteroatoms. The van der Waals surface area contributed by atoms with E-state index in [1.807, 2.05) is 23.7 Å². The minimum Gasteiger partial charge on any atom is -0.468 e. The lowest BCUT2D eigenvalue weighted by atomic mass is 10.0. The lowest BCUT2D eigenvalue weighted by Gasteiger charge is -2.33. The van der Waals surface area contributed by atoms with Gasteiger partial charge in [-0.1, -0.05) is 0 Å². The standard InChI is InChI=1S/C15H23N5O/c1-12(15-18-16-11-19(15)2)17-13-5-7-20(8-6-13)10-14-4-3-9-21-14/h3-4,9,11-13,17H,5-8,10H2,1-2H3. The zero-order valence-corrected chi connectivity index (χ0v) is 12.7. The third kappa shape index (κ3) is 3.51. The van der Waals surface area contributed by atoms with Gasteiger partial charge in [-0.25, -0.2) is 0 Å². The molecule has 1 atom stereocenters. The number of hydrogen-bond donors (Lipinski definition) is 1. The van der Waals surface area contributed by atoms with Crippen LogP contribution in [0.2, 0.25) is 0 Å². The van der Waals surface area contributed by atoms with Gasteiger partial charge in [-0.05, 0) is 31.9 Å². The first-order valence-electron chi connectivity index (χ1n) is 7.57. The van der Waals surface area contributed by atoms with Crippen LogP contribution in [0.15, 0.2) is 29.1 Å². The first-order chi connectivity index (χ1) is 10.2. The summed E-state index contributed by atoms with van der Waals surface area (Å²) in [7, 11) is 1.99. The van der Waals surface area contributed by atoms with Crippen molar-refractivity contribution in [2.45, 2.75) is 38.4 Å². The molecule has 1 aliphatic heterocycles. The molecule has 2 aromatic rings. The van der Waals surface area contributed by atoms with Crippen LogP contribution in [0.4, 0.5) is 0 Å². The fourth-order valence-electron chi connectivity index (χ4n) is 2.99. The summed E-state index contributed by atoms with van der Waals surface area (Å²) < 4.78 is 7.39. The monoisotopic (exact) mass is 289 g/mol. The van der Waals surface area contributed by atoms with Crippen molar-refractivity contribution in [3.05, 3.63) is 36.3 Å². The van der Waals surface area contributed by atoms with Crippen LogP contribution in [0.25, 0.3) is 0 Å². The third-order valence-electron chi connectivity index (χ3n) is 4.17. The van der Waals surface area contributed by atoms with Crippen molar-refractivity contribution in [3.63, 3.8) is 0 Å². The Balaban J connectivity index is 1.46. The molecule has 1 fully saturated rings. The summed E-state index contributed by atoms with van der Waals surface area (Å²) in [6.07, 6.45) is 5.80. The van der Waals surface area contributed by atoms with Gasteiger partial charge in [0.2, 0.25) is 0 Å². The fraction of sp³-hybridized carbons (Fsp3) is 0.600. The largest absolute Gasteiger partial charge is 0.468 e. The van der Waals surface area contributed by atoms with Crippen LogP contribution >= 0.6 is 0 Å². The highest BCUT2D eigenvalue weighted by atomic mass is 16.3. The van der Waals surface area contributed by atoms with E-state index in [-0.39, 0.29) is 6.04 Å². The second kappa shape index (κ2) is 6.41. The normalized spacial score (nSPS) is 19.0.